The number of urea groups is 1. The summed E-state index contributed by atoms with van der Waals surface area (Å²) >= 11 is 0. The molecule has 17 heteroatoms. The van der Waals surface area contributed by atoms with Crippen LogP contribution in [0.4, 0.5) is 25.2 Å². The van der Waals surface area contributed by atoms with Crippen LogP contribution in [0.15, 0.2) is 49.1 Å². The number of carbonyl (C=O) groups excluding carboxylic acids is 2. The molecule has 4 aromatic heterocycles. The lowest BCUT2D eigenvalue weighted by Crippen LogP contribution is -2.49. The van der Waals surface area contributed by atoms with Crippen LogP contribution in [0.3, 0.4) is 0 Å². The number of amides is 3. The van der Waals surface area contributed by atoms with Crippen molar-refractivity contribution in [1.82, 2.24) is 49.3 Å². The van der Waals surface area contributed by atoms with E-state index in [1.807, 2.05) is 43.0 Å². The van der Waals surface area contributed by atoms with E-state index in [4.69, 9.17) is 14.9 Å². The van der Waals surface area contributed by atoms with Crippen LogP contribution in [0.2, 0.25) is 0 Å². The Labute approximate surface area is 341 Å². The van der Waals surface area contributed by atoms with Crippen LogP contribution in [-0.2, 0) is 16.6 Å². The number of nitrogens with one attached hydrogen (secondary N) is 1. The zero-order valence-electron chi connectivity index (χ0n) is 33.7. The van der Waals surface area contributed by atoms with Gasteiger partial charge in [-0.2, -0.15) is 20.4 Å². The van der Waals surface area contributed by atoms with Gasteiger partial charge in [0.1, 0.15) is 11.5 Å². The average molecular weight is 811 g/mol. The normalized spacial score (nSPS) is 26.9. The molecule has 0 spiro atoms. The Bertz CT molecular complexity index is 2330. The zero-order chi connectivity index (χ0) is 40.4. The van der Waals surface area contributed by atoms with E-state index in [2.05, 4.69) is 42.3 Å². The number of fused-ring (bicyclic) bond motifs is 2. The van der Waals surface area contributed by atoms with E-state index >= 15 is 0 Å². The second kappa shape index (κ2) is 15.5. The van der Waals surface area contributed by atoms with Gasteiger partial charge < -0.3 is 14.5 Å². The minimum Gasteiger partial charge on any atom is -0.377 e. The number of aryl methyl sites for hydroxylation is 1. The molecule has 59 heavy (non-hydrogen) atoms. The highest BCUT2D eigenvalue weighted by Crippen LogP contribution is 2.45. The monoisotopic (exact) mass is 810 g/mol. The number of benzene rings is 1. The van der Waals surface area contributed by atoms with E-state index in [1.165, 1.54) is 0 Å². The molecule has 1 N–H and O–H groups in total. The molecule has 3 atom stereocenters. The molecule has 3 aliphatic heterocycles. The van der Waals surface area contributed by atoms with Gasteiger partial charge >= 0.3 is 6.03 Å². The number of hydrogen-bond acceptors (Lipinski definition) is 9. The maximum Gasteiger partial charge on any atom is 0.329 e. The number of halogens is 2. The molecule has 3 amide bonds. The molecule has 5 aliphatic rings. The van der Waals surface area contributed by atoms with Gasteiger partial charge in [0.2, 0.25) is 5.91 Å². The maximum absolute atomic E-state index is 14.4. The first-order valence-corrected chi connectivity index (χ1v) is 21.3. The Hall–Kier alpha value is -5.16. The Kier molecular flexibility index (Phi) is 9.97. The van der Waals surface area contributed by atoms with E-state index in [-0.39, 0.29) is 30.2 Å². The van der Waals surface area contributed by atoms with Crippen LogP contribution in [0.5, 0.6) is 0 Å². The number of nitrogens with zero attached hydrogens (tertiary/aromatic N) is 11. The fraction of sp³-hybridized carbons (Fsp3) is 0.571. The van der Waals surface area contributed by atoms with Crippen molar-refractivity contribution in [3.63, 3.8) is 0 Å². The van der Waals surface area contributed by atoms with Gasteiger partial charge in [-0.15, -0.1) is 0 Å². The molecule has 2 saturated carbocycles. The summed E-state index contributed by atoms with van der Waals surface area (Å²) in [5.74, 6) is 2.95. The smallest absolute Gasteiger partial charge is 0.329 e. The third kappa shape index (κ3) is 7.19. The van der Waals surface area contributed by atoms with Crippen LogP contribution < -0.4 is 15.1 Å². The molecule has 0 bridgehead atoms. The Morgan fingerprint density at radius 2 is 1.75 bits per heavy atom. The van der Waals surface area contributed by atoms with E-state index < -0.39 is 12.5 Å². The summed E-state index contributed by atoms with van der Waals surface area (Å²) in [5, 5.41) is 21.8. The van der Waals surface area contributed by atoms with E-state index in [0.717, 1.165) is 99.0 Å². The van der Waals surface area contributed by atoms with Gasteiger partial charge in [-0.05, 0) is 75.7 Å². The molecule has 0 radical (unpaired) electrons. The molecular formula is C42H52F2N12O3. The van der Waals surface area contributed by atoms with Crippen molar-refractivity contribution in [1.29, 1.82) is 0 Å². The minimum atomic E-state index is -2.70. The van der Waals surface area contributed by atoms with Gasteiger partial charge in [0.05, 0.1) is 42.3 Å². The quantitative estimate of drug-likeness (QED) is 0.187. The molecule has 2 aliphatic carbocycles. The second-order valence-electron chi connectivity index (χ2n) is 17.4. The molecular weight excluding hydrogens is 759 g/mol. The third-order valence-corrected chi connectivity index (χ3v) is 13.5. The van der Waals surface area contributed by atoms with Crippen molar-refractivity contribution >= 4 is 34.5 Å². The molecule has 10 rings (SSSR count). The number of imide groups is 1. The lowest BCUT2D eigenvalue weighted by Gasteiger charge is -2.31. The number of hydrogen-bond donors (Lipinski definition) is 1. The number of para-hydroxylation sites is 1. The molecule has 5 aromatic rings. The highest BCUT2D eigenvalue weighted by atomic mass is 19.3. The van der Waals surface area contributed by atoms with Gasteiger partial charge in [-0.3, -0.25) is 29.1 Å². The molecule has 15 nitrogen and oxygen atoms in total. The van der Waals surface area contributed by atoms with Gasteiger partial charge in [0, 0.05) is 88.1 Å². The maximum atomic E-state index is 14.4. The molecule has 7 heterocycles. The van der Waals surface area contributed by atoms with Crippen LogP contribution in [0.25, 0.3) is 27.7 Å². The van der Waals surface area contributed by atoms with Crippen molar-refractivity contribution in [2.24, 2.45) is 24.8 Å². The molecule has 2 unspecified atom stereocenters. The first-order chi connectivity index (χ1) is 28.7. The van der Waals surface area contributed by atoms with Gasteiger partial charge in [0.25, 0.3) is 6.43 Å². The predicted octanol–water partition coefficient (Wildman–Crippen LogP) is 6.13. The summed E-state index contributed by atoms with van der Waals surface area (Å²) in [5.41, 5.74) is 3.08. The van der Waals surface area contributed by atoms with E-state index in [0.29, 0.717) is 55.0 Å². The van der Waals surface area contributed by atoms with E-state index in [1.54, 1.807) is 26.7 Å². The lowest BCUT2D eigenvalue weighted by atomic mass is 9.85. The van der Waals surface area contributed by atoms with Gasteiger partial charge in [0.15, 0.2) is 11.5 Å². The Balaban J connectivity index is 0.748. The van der Waals surface area contributed by atoms with Gasteiger partial charge in [-0.1, -0.05) is 12.1 Å². The second-order valence-corrected chi connectivity index (χ2v) is 17.4. The lowest BCUT2D eigenvalue weighted by molar-refractivity contribution is -0.120. The summed E-state index contributed by atoms with van der Waals surface area (Å²) in [6.45, 7) is 7.79. The highest BCUT2D eigenvalue weighted by Gasteiger charge is 2.42. The number of ether oxygens (including phenoxy) is 1. The van der Waals surface area contributed by atoms with Crippen molar-refractivity contribution in [2.75, 3.05) is 55.7 Å². The number of aromatic nitrogens is 8. The van der Waals surface area contributed by atoms with Crippen molar-refractivity contribution in [2.45, 2.75) is 82.9 Å². The van der Waals surface area contributed by atoms with Crippen LogP contribution in [0.1, 0.15) is 82.5 Å². The molecule has 1 aromatic carbocycles. The van der Waals surface area contributed by atoms with Crippen molar-refractivity contribution in [3.05, 3.63) is 54.7 Å². The summed E-state index contributed by atoms with van der Waals surface area (Å²) in [6, 6.07) is 7.92. The van der Waals surface area contributed by atoms with Crippen molar-refractivity contribution < 1.29 is 23.1 Å². The number of alkyl halides is 2. The highest BCUT2D eigenvalue weighted by molar-refractivity contribution is 6.10. The molecule has 3 saturated heterocycles. The average Bonchev–Trinajstić information content (AvgIpc) is 4.07. The van der Waals surface area contributed by atoms with Crippen molar-refractivity contribution in [3.8, 4) is 16.8 Å². The summed E-state index contributed by atoms with van der Waals surface area (Å²) in [6.07, 6.45) is 12.2. The van der Waals surface area contributed by atoms with Crippen LogP contribution >= 0.6 is 0 Å². The SMILES string of the molecule is C[C@@H]1CN(c2ccnn2-c2cn(C3CCC(CN4CC5CC(n6cc(-c7cccc8c(N9CCC(=O)NC9=O)nn(C)c78)cn6)CC5C4)CC3)nc2C(F)F)CCCO1. The number of anilines is 2. The zero-order valence-corrected chi connectivity index (χ0v) is 33.7. The largest absolute Gasteiger partial charge is 0.377 e. The summed E-state index contributed by atoms with van der Waals surface area (Å²) in [7, 11) is 1.88. The Morgan fingerprint density at radius 1 is 0.932 bits per heavy atom. The first kappa shape index (κ1) is 38.1. The first-order valence-electron chi connectivity index (χ1n) is 21.3. The molecule has 5 fully saturated rings. The number of carbonyl (C=O) groups is 2. The fourth-order valence-electron chi connectivity index (χ4n) is 10.7. The van der Waals surface area contributed by atoms with Crippen LogP contribution in [-0.4, -0.2) is 108 Å². The topological polar surface area (TPSA) is 136 Å². The summed E-state index contributed by atoms with van der Waals surface area (Å²) in [4.78, 5) is 30.8. The summed E-state index contributed by atoms with van der Waals surface area (Å²) < 4.78 is 42.1. The number of likely N-dealkylation sites (tertiary alicyclic amines) is 1. The Morgan fingerprint density at radius 3 is 2.53 bits per heavy atom. The van der Waals surface area contributed by atoms with Crippen LogP contribution in [0, 0.1) is 17.8 Å². The molecule has 312 valence electrons. The van der Waals surface area contributed by atoms with Gasteiger partial charge in [-0.25, -0.2) is 18.3 Å². The predicted molar refractivity (Wildman–Crippen MR) is 217 cm³/mol. The number of rotatable bonds is 9. The fourth-order valence-corrected chi connectivity index (χ4v) is 10.7. The third-order valence-electron chi connectivity index (χ3n) is 13.5. The van der Waals surface area contributed by atoms with E-state index in [9.17, 15) is 18.4 Å². The minimum absolute atomic E-state index is 0.0490. The standard InChI is InChI=1S/C42H52F2N12O3/c1-26-20-52(14-4-16-59-26)37-11-13-45-56(37)35-25-55(48-38(35)40(43)44)31-9-7-27(8-10-31)21-51-22-28-17-32(18-29(28)23-51)54-24-30(19-46-54)33-5-3-6-34-39(33)50(2)49-41(34)53-15-12-36(57)47-42(53)58/h3,5-6,11,13,19,24-29,31-32,40H,4,7-10,12,14-18,20-23H2,1-2H3,(H,47,57,58)/t26-,27?,28?,29?,31?,32?/m1/s1.